The highest BCUT2D eigenvalue weighted by atomic mass is 19.1. The average molecular weight is 196 g/mol. The van der Waals surface area contributed by atoms with Gasteiger partial charge in [-0.2, -0.15) is 4.39 Å². The Morgan fingerprint density at radius 2 is 2.43 bits per heavy atom. The molecule has 3 nitrogen and oxygen atoms in total. The van der Waals surface area contributed by atoms with Gasteiger partial charge in [-0.15, -0.1) is 0 Å². The molecule has 0 aromatic carbocycles. The van der Waals surface area contributed by atoms with Gasteiger partial charge in [0.2, 0.25) is 5.95 Å². The van der Waals surface area contributed by atoms with Crippen molar-refractivity contribution in [2.75, 3.05) is 6.54 Å². The predicted octanol–water partition coefficient (Wildman–Crippen LogP) is 1.35. The lowest BCUT2D eigenvalue weighted by Gasteiger charge is -2.33. The minimum atomic E-state index is -0.480. The summed E-state index contributed by atoms with van der Waals surface area (Å²) in [7, 11) is 0. The number of halogens is 1. The fourth-order valence-corrected chi connectivity index (χ4v) is 1.44. The molecule has 1 unspecified atom stereocenters. The number of hydrogen-bond acceptors (Lipinski definition) is 3. The molecule has 0 aliphatic carbocycles. The fourth-order valence-electron chi connectivity index (χ4n) is 1.44. The molecule has 2 heterocycles. The first-order valence-corrected chi connectivity index (χ1v) is 4.77. The quantitative estimate of drug-likeness (QED) is 0.741. The molecule has 0 radical (unpaired) electrons. The Balaban J connectivity index is 1.92. The van der Waals surface area contributed by atoms with Crippen molar-refractivity contribution in [2.24, 2.45) is 0 Å². The Bertz CT molecular complexity index is 297. The monoisotopic (exact) mass is 196 g/mol. The van der Waals surface area contributed by atoms with E-state index in [-0.39, 0.29) is 6.10 Å². The number of nitrogens with zero attached hydrogens (tertiary/aromatic N) is 1. The van der Waals surface area contributed by atoms with Crippen LogP contribution < -0.4 is 10.1 Å². The van der Waals surface area contributed by atoms with E-state index in [1.54, 1.807) is 6.07 Å². The number of aromatic nitrogens is 1. The van der Waals surface area contributed by atoms with Crippen LogP contribution >= 0.6 is 0 Å². The number of ether oxygens (including phenoxy) is 1. The smallest absolute Gasteiger partial charge is 0.213 e. The third kappa shape index (κ3) is 2.01. The largest absolute Gasteiger partial charge is 0.487 e. The summed E-state index contributed by atoms with van der Waals surface area (Å²) in [6.07, 6.45) is 2.65. The van der Waals surface area contributed by atoms with Crippen LogP contribution in [0.15, 0.2) is 18.3 Å². The molecule has 0 spiro atoms. The van der Waals surface area contributed by atoms with Gasteiger partial charge in [0.1, 0.15) is 11.9 Å². The average Bonchev–Trinajstić information content (AvgIpc) is 2.06. The summed E-state index contributed by atoms with van der Waals surface area (Å²) in [5.41, 5.74) is 0. The molecule has 14 heavy (non-hydrogen) atoms. The molecule has 0 bridgehead atoms. The van der Waals surface area contributed by atoms with E-state index in [1.807, 2.05) is 6.92 Å². The van der Waals surface area contributed by atoms with Crippen molar-refractivity contribution in [3.05, 3.63) is 24.3 Å². The summed E-state index contributed by atoms with van der Waals surface area (Å²) < 4.78 is 18.1. The van der Waals surface area contributed by atoms with Crippen molar-refractivity contribution >= 4 is 0 Å². The minimum absolute atomic E-state index is 0.107. The highest BCUT2D eigenvalue weighted by Gasteiger charge is 2.24. The van der Waals surface area contributed by atoms with E-state index in [9.17, 15) is 4.39 Å². The van der Waals surface area contributed by atoms with Gasteiger partial charge >= 0.3 is 0 Å². The summed E-state index contributed by atoms with van der Waals surface area (Å²) in [6.45, 7) is 3.06. The van der Waals surface area contributed by atoms with Crippen LogP contribution in [0.4, 0.5) is 4.39 Å². The Hall–Kier alpha value is -1.16. The number of pyridine rings is 1. The van der Waals surface area contributed by atoms with Crippen molar-refractivity contribution < 1.29 is 9.13 Å². The molecule has 1 aromatic rings. The van der Waals surface area contributed by atoms with Crippen LogP contribution in [-0.4, -0.2) is 23.7 Å². The van der Waals surface area contributed by atoms with E-state index in [4.69, 9.17) is 4.74 Å². The second-order valence-electron chi connectivity index (χ2n) is 3.49. The van der Waals surface area contributed by atoms with Gasteiger partial charge in [0.25, 0.3) is 0 Å². The molecule has 4 heteroatoms. The Morgan fingerprint density at radius 3 is 2.93 bits per heavy atom. The maximum atomic E-state index is 12.5. The van der Waals surface area contributed by atoms with Crippen molar-refractivity contribution in [2.45, 2.75) is 25.5 Å². The zero-order valence-electron chi connectivity index (χ0n) is 8.03. The molecule has 0 amide bonds. The lowest BCUT2D eigenvalue weighted by molar-refractivity contribution is 0.133. The van der Waals surface area contributed by atoms with E-state index in [0.717, 1.165) is 13.0 Å². The first-order chi connectivity index (χ1) is 6.75. The first kappa shape index (κ1) is 9.40. The third-order valence-electron chi connectivity index (χ3n) is 2.45. The second-order valence-corrected chi connectivity index (χ2v) is 3.49. The molecule has 1 fully saturated rings. The lowest BCUT2D eigenvalue weighted by Crippen LogP contribution is -2.51. The zero-order chi connectivity index (χ0) is 9.97. The van der Waals surface area contributed by atoms with Crippen LogP contribution in [0.1, 0.15) is 13.3 Å². The standard InChI is InChI=1S/C10H13FN2O/c1-7(9-4-5-12-9)14-8-2-3-10(11)13-6-8/h2-3,6-7,9,12H,4-5H2,1H3/t7?,9-/m0/s1. The second kappa shape index (κ2) is 3.92. The number of hydrogen-bond donors (Lipinski definition) is 1. The Kier molecular flexibility index (Phi) is 2.63. The van der Waals surface area contributed by atoms with Gasteiger partial charge in [-0.1, -0.05) is 0 Å². The summed E-state index contributed by atoms with van der Waals surface area (Å²) in [5.74, 6) is 0.138. The first-order valence-electron chi connectivity index (χ1n) is 4.77. The third-order valence-corrected chi connectivity index (χ3v) is 2.45. The van der Waals surface area contributed by atoms with Gasteiger partial charge in [0.15, 0.2) is 0 Å². The van der Waals surface area contributed by atoms with Crippen LogP contribution in [0.25, 0.3) is 0 Å². The molecule has 76 valence electrons. The van der Waals surface area contributed by atoms with Crippen LogP contribution in [0, 0.1) is 5.95 Å². The van der Waals surface area contributed by atoms with Crippen molar-refractivity contribution in [3.8, 4) is 5.75 Å². The molecule has 2 atom stereocenters. The molecule has 1 aliphatic heterocycles. The maximum Gasteiger partial charge on any atom is 0.213 e. The molecular weight excluding hydrogens is 183 g/mol. The van der Waals surface area contributed by atoms with Gasteiger partial charge in [-0.25, -0.2) is 4.98 Å². The molecular formula is C10H13FN2O. The van der Waals surface area contributed by atoms with Crippen LogP contribution in [-0.2, 0) is 0 Å². The molecule has 1 aliphatic rings. The number of nitrogens with one attached hydrogen (secondary N) is 1. The van der Waals surface area contributed by atoms with Gasteiger partial charge in [-0.05, 0) is 32.0 Å². The highest BCUT2D eigenvalue weighted by Crippen LogP contribution is 2.15. The van der Waals surface area contributed by atoms with Gasteiger partial charge in [-0.3, -0.25) is 0 Å². The molecule has 0 saturated carbocycles. The lowest BCUT2D eigenvalue weighted by atomic mass is 10.0. The SMILES string of the molecule is CC(Oc1ccc(F)nc1)[C@@H]1CCN1. The van der Waals surface area contributed by atoms with Crippen molar-refractivity contribution in [1.82, 2.24) is 10.3 Å². The molecule has 1 saturated heterocycles. The van der Waals surface area contributed by atoms with Crippen LogP contribution in [0.5, 0.6) is 5.75 Å². The minimum Gasteiger partial charge on any atom is -0.487 e. The summed E-state index contributed by atoms with van der Waals surface area (Å²) in [5, 5.41) is 3.26. The van der Waals surface area contributed by atoms with E-state index >= 15 is 0 Å². The maximum absolute atomic E-state index is 12.5. The summed E-state index contributed by atoms with van der Waals surface area (Å²) in [6, 6.07) is 3.31. The topological polar surface area (TPSA) is 34.1 Å². The van der Waals surface area contributed by atoms with E-state index in [1.165, 1.54) is 12.3 Å². The Morgan fingerprint density at radius 1 is 1.64 bits per heavy atom. The van der Waals surface area contributed by atoms with Crippen LogP contribution in [0.3, 0.4) is 0 Å². The van der Waals surface area contributed by atoms with Gasteiger partial charge < -0.3 is 10.1 Å². The molecule has 1 aromatic heterocycles. The van der Waals surface area contributed by atoms with Crippen molar-refractivity contribution in [1.29, 1.82) is 0 Å². The summed E-state index contributed by atoms with van der Waals surface area (Å²) in [4.78, 5) is 3.52. The van der Waals surface area contributed by atoms with Crippen molar-refractivity contribution in [3.63, 3.8) is 0 Å². The van der Waals surface area contributed by atoms with E-state index < -0.39 is 5.95 Å². The van der Waals surface area contributed by atoms with Crippen LogP contribution in [0.2, 0.25) is 0 Å². The fraction of sp³-hybridized carbons (Fsp3) is 0.500. The molecule has 1 N–H and O–H groups in total. The summed E-state index contributed by atoms with van der Waals surface area (Å²) >= 11 is 0. The number of rotatable bonds is 3. The predicted molar refractivity (Wildman–Crippen MR) is 50.7 cm³/mol. The van der Waals surface area contributed by atoms with E-state index in [0.29, 0.717) is 11.8 Å². The van der Waals surface area contributed by atoms with E-state index in [2.05, 4.69) is 10.3 Å². The highest BCUT2D eigenvalue weighted by molar-refractivity contribution is 5.16. The van der Waals surface area contributed by atoms with Gasteiger partial charge in [0.05, 0.1) is 6.20 Å². The normalized spacial score (nSPS) is 22.6. The molecule has 2 rings (SSSR count). The Labute approximate surface area is 82.3 Å². The van der Waals surface area contributed by atoms with Gasteiger partial charge in [0, 0.05) is 6.04 Å². The zero-order valence-corrected chi connectivity index (χ0v) is 8.03.